The van der Waals surface area contributed by atoms with E-state index in [1.165, 1.54) is 4.90 Å². The fourth-order valence-corrected chi connectivity index (χ4v) is 1.39. The highest BCUT2D eigenvalue weighted by atomic mass is 16.5. The van der Waals surface area contributed by atoms with Crippen LogP contribution < -0.4 is 5.32 Å². The lowest BCUT2D eigenvalue weighted by Crippen LogP contribution is -2.47. The van der Waals surface area contributed by atoms with Crippen LogP contribution in [0.15, 0.2) is 0 Å². The minimum absolute atomic E-state index is 0.0157. The van der Waals surface area contributed by atoms with Crippen molar-refractivity contribution in [2.75, 3.05) is 26.8 Å². The number of carboxylic acids is 1. The molecule has 0 saturated carbocycles. The Labute approximate surface area is 93.0 Å². The summed E-state index contributed by atoms with van der Waals surface area (Å²) in [7, 11) is 1.61. The standard InChI is InChI=1S/C9H16N2O5/c1-11(6-2-3-16-5-6)9(15)10-4-7(12)8(13)14/h6-7,12H,2-5H2,1H3,(H,10,15)(H,13,14). The molecule has 2 unspecified atom stereocenters. The van der Waals surface area contributed by atoms with E-state index in [0.717, 1.165) is 6.42 Å². The zero-order valence-electron chi connectivity index (χ0n) is 9.05. The van der Waals surface area contributed by atoms with Crippen LogP contribution in [-0.4, -0.2) is 66.1 Å². The molecular weight excluding hydrogens is 216 g/mol. The summed E-state index contributed by atoms with van der Waals surface area (Å²) in [5.41, 5.74) is 0. The Balaban J connectivity index is 2.31. The number of carboxylic acid groups (broad SMARTS) is 1. The van der Waals surface area contributed by atoms with E-state index in [1.54, 1.807) is 7.05 Å². The first-order chi connectivity index (χ1) is 7.52. The molecule has 1 aliphatic heterocycles. The lowest BCUT2D eigenvalue weighted by atomic mass is 10.2. The highest BCUT2D eigenvalue weighted by molar-refractivity contribution is 5.76. The fraction of sp³-hybridized carbons (Fsp3) is 0.778. The SMILES string of the molecule is CN(C(=O)NCC(O)C(=O)O)C1CCOC1. The minimum Gasteiger partial charge on any atom is -0.479 e. The van der Waals surface area contributed by atoms with E-state index < -0.39 is 18.1 Å². The molecule has 3 N–H and O–H groups in total. The molecule has 7 nitrogen and oxygen atoms in total. The largest absolute Gasteiger partial charge is 0.479 e. The summed E-state index contributed by atoms with van der Waals surface area (Å²) in [5.74, 6) is -1.35. The molecule has 1 saturated heterocycles. The number of aliphatic carboxylic acids is 1. The van der Waals surface area contributed by atoms with Gasteiger partial charge in [0.25, 0.3) is 0 Å². The molecule has 0 aliphatic carbocycles. The summed E-state index contributed by atoms with van der Waals surface area (Å²) in [6, 6.07) is -0.391. The number of aliphatic hydroxyl groups excluding tert-OH is 1. The zero-order chi connectivity index (χ0) is 12.1. The van der Waals surface area contributed by atoms with Crippen LogP contribution in [0.1, 0.15) is 6.42 Å². The van der Waals surface area contributed by atoms with Gasteiger partial charge in [0.1, 0.15) is 0 Å². The Morgan fingerprint density at radius 2 is 2.31 bits per heavy atom. The van der Waals surface area contributed by atoms with E-state index in [4.69, 9.17) is 14.9 Å². The van der Waals surface area contributed by atoms with E-state index in [1.807, 2.05) is 0 Å². The Morgan fingerprint density at radius 3 is 2.81 bits per heavy atom. The molecule has 1 fully saturated rings. The molecule has 0 radical (unpaired) electrons. The predicted molar refractivity (Wildman–Crippen MR) is 54.0 cm³/mol. The quantitative estimate of drug-likeness (QED) is 0.569. The third-order valence-corrected chi connectivity index (χ3v) is 2.51. The van der Waals surface area contributed by atoms with E-state index >= 15 is 0 Å². The first-order valence-corrected chi connectivity index (χ1v) is 5.01. The fourth-order valence-electron chi connectivity index (χ4n) is 1.39. The van der Waals surface area contributed by atoms with Crippen LogP contribution >= 0.6 is 0 Å². The molecule has 0 aromatic rings. The number of ether oxygens (including phenoxy) is 1. The van der Waals surface area contributed by atoms with Gasteiger partial charge in [-0.05, 0) is 6.42 Å². The average Bonchev–Trinajstić information content (AvgIpc) is 2.77. The van der Waals surface area contributed by atoms with E-state index in [2.05, 4.69) is 5.32 Å². The molecular formula is C9H16N2O5. The summed E-state index contributed by atoms with van der Waals surface area (Å²) in [6.45, 7) is 0.817. The predicted octanol–water partition coefficient (Wildman–Crippen LogP) is -1.14. The number of hydrogen-bond acceptors (Lipinski definition) is 4. The minimum atomic E-state index is -1.57. The van der Waals surface area contributed by atoms with Crippen LogP contribution in [0.5, 0.6) is 0 Å². The van der Waals surface area contributed by atoms with Crippen LogP contribution in [0, 0.1) is 0 Å². The zero-order valence-corrected chi connectivity index (χ0v) is 9.05. The van der Waals surface area contributed by atoms with Gasteiger partial charge in [-0.15, -0.1) is 0 Å². The number of carbonyl (C=O) groups excluding carboxylic acids is 1. The first-order valence-electron chi connectivity index (χ1n) is 5.01. The molecule has 0 aromatic heterocycles. The highest BCUT2D eigenvalue weighted by Crippen LogP contribution is 2.10. The van der Waals surface area contributed by atoms with Crippen molar-refractivity contribution in [1.82, 2.24) is 10.2 Å². The maximum atomic E-state index is 11.5. The number of amides is 2. The molecule has 1 heterocycles. The number of nitrogens with one attached hydrogen (secondary N) is 1. The first kappa shape index (κ1) is 12.7. The number of carbonyl (C=O) groups is 2. The number of urea groups is 1. The number of rotatable bonds is 4. The second-order valence-electron chi connectivity index (χ2n) is 3.67. The molecule has 0 spiro atoms. The normalized spacial score (nSPS) is 21.5. The van der Waals surface area contributed by atoms with E-state index in [0.29, 0.717) is 13.2 Å². The maximum Gasteiger partial charge on any atom is 0.334 e. The molecule has 92 valence electrons. The molecule has 2 atom stereocenters. The number of hydrogen-bond donors (Lipinski definition) is 3. The van der Waals surface area contributed by atoms with Crippen molar-refractivity contribution in [1.29, 1.82) is 0 Å². The Hall–Kier alpha value is -1.34. The van der Waals surface area contributed by atoms with Crippen LogP contribution in [0.4, 0.5) is 4.79 Å². The molecule has 1 aliphatic rings. The van der Waals surface area contributed by atoms with Crippen LogP contribution in [0.25, 0.3) is 0 Å². The van der Waals surface area contributed by atoms with Crippen molar-refractivity contribution < 1.29 is 24.5 Å². The van der Waals surface area contributed by atoms with Gasteiger partial charge in [0, 0.05) is 13.7 Å². The van der Waals surface area contributed by atoms with Gasteiger partial charge in [-0.25, -0.2) is 9.59 Å². The van der Waals surface area contributed by atoms with Gasteiger partial charge in [-0.3, -0.25) is 0 Å². The van der Waals surface area contributed by atoms with Crippen LogP contribution in [0.2, 0.25) is 0 Å². The number of nitrogens with zero attached hydrogens (tertiary/aromatic N) is 1. The topological polar surface area (TPSA) is 99.1 Å². The van der Waals surface area contributed by atoms with Crippen molar-refractivity contribution in [3.8, 4) is 0 Å². The summed E-state index contributed by atoms with van der Waals surface area (Å²) in [6.07, 6.45) is -0.803. The van der Waals surface area contributed by atoms with Crippen molar-refractivity contribution in [2.24, 2.45) is 0 Å². The smallest absolute Gasteiger partial charge is 0.334 e. The van der Waals surface area contributed by atoms with Gasteiger partial charge in [-0.2, -0.15) is 0 Å². The second kappa shape index (κ2) is 5.66. The van der Waals surface area contributed by atoms with Gasteiger partial charge in [-0.1, -0.05) is 0 Å². The number of likely N-dealkylation sites (N-methyl/N-ethyl adjacent to an activating group) is 1. The Morgan fingerprint density at radius 1 is 1.62 bits per heavy atom. The molecule has 0 bridgehead atoms. The number of aliphatic hydroxyl groups is 1. The van der Waals surface area contributed by atoms with Crippen LogP contribution in [-0.2, 0) is 9.53 Å². The highest BCUT2D eigenvalue weighted by Gasteiger charge is 2.24. The van der Waals surface area contributed by atoms with Gasteiger partial charge >= 0.3 is 12.0 Å². The second-order valence-corrected chi connectivity index (χ2v) is 3.67. The molecule has 0 aromatic carbocycles. The lowest BCUT2D eigenvalue weighted by molar-refractivity contribution is -0.146. The summed E-state index contributed by atoms with van der Waals surface area (Å²) in [4.78, 5) is 23.3. The molecule has 1 rings (SSSR count). The summed E-state index contributed by atoms with van der Waals surface area (Å²) < 4.78 is 5.13. The average molecular weight is 232 g/mol. The summed E-state index contributed by atoms with van der Waals surface area (Å²) >= 11 is 0. The van der Waals surface area contributed by atoms with Gasteiger partial charge < -0.3 is 25.2 Å². The van der Waals surface area contributed by atoms with Gasteiger partial charge in [0.05, 0.1) is 19.2 Å². The lowest BCUT2D eigenvalue weighted by Gasteiger charge is -2.23. The Kier molecular flexibility index (Phi) is 4.51. The third-order valence-electron chi connectivity index (χ3n) is 2.51. The van der Waals surface area contributed by atoms with Crippen LogP contribution in [0.3, 0.4) is 0 Å². The molecule has 16 heavy (non-hydrogen) atoms. The van der Waals surface area contributed by atoms with Crippen molar-refractivity contribution in [3.05, 3.63) is 0 Å². The summed E-state index contributed by atoms with van der Waals surface area (Å²) in [5, 5.41) is 19.7. The Bertz CT molecular complexity index is 265. The van der Waals surface area contributed by atoms with Gasteiger partial charge in [0.2, 0.25) is 0 Å². The van der Waals surface area contributed by atoms with E-state index in [9.17, 15) is 9.59 Å². The van der Waals surface area contributed by atoms with Crippen molar-refractivity contribution >= 4 is 12.0 Å². The molecule has 2 amide bonds. The van der Waals surface area contributed by atoms with Crippen molar-refractivity contribution in [2.45, 2.75) is 18.6 Å². The monoisotopic (exact) mass is 232 g/mol. The third kappa shape index (κ3) is 3.35. The maximum absolute atomic E-state index is 11.5. The van der Waals surface area contributed by atoms with Gasteiger partial charge in [0.15, 0.2) is 6.10 Å². The van der Waals surface area contributed by atoms with E-state index in [-0.39, 0.29) is 12.6 Å². The molecule has 7 heteroatoms. The van der Waals surface area contributed by atoms with Crippen molar-refractivity contribution in [3.63, 3.8) is 0 Å².